The van der Waals surface area contributed by atoms with Gasteiger partial charge in [-0.05, 0) is 63.6 Å². The number of piperidine rings is 1. The Bertz CT molecular complexity index is 1230. The zero-order chi connectivity index (χ0) is 25.7. The van der Waals surface area contributed by atoms with Gasteiger partial charge in [0.1, 0.15) is 5.82 Å². The molecule has 0 aliphatic carbocycles. The van der Waals surface area contributed by atoms with Crippen molar-refractivity contribution in [2.75, 3.05) is 18.8 Å². The lowest BCUT2D eigenvalue weighted by Crippen LogP contribution is -2.47. The number of nitrogens with zero attached hydrogens (tertiary/aromatic N) is 2. The third-order valence-electron chi connectivity index (χ3n) is 6.16. The molecule has 0 bridgehead atoms. The molecule has 7 nitrogen and oxygen atoms in total. The number of pyridine rings is 1. The summed E-state index contributed by atoms with van der Waals surface area (Å²) in [6.45, 7) is 5.86. The van der Waals surface area contributed by atoms with Gasteiger partial charge in [-0.3, -0.25) is 15.1 Å². The molecule has 1 saturated heterocycles. The standard InChI is InChI=1S/C28H32FN5O2/c1-18(2)36-26-12-10-20(15-32-26)27(31)23-14-19(9-11-25(23)30)28(35)33-22-7-5-13-34(17-22)16-21-6-3-4-8-24(21)29/h3-4,6,8-12,14-15,18,22,31H,5,7,13,16-17,30H2,1-2H3,(H,33,35). The molecule has 1 aliphatic rings. The molecular weight excluding hydrogens is 457 g/mol. The second kappa shape index (κ2) is 11.3. The molecule has 3 aromatic rings. The van der Waals surface area contributed by atoms with Gasteiger partial charge in [0.05, 0.1) is 11.8 Å². The second-order valence-electron chi connectivity index (χ2n) is 9.37. The van der Waals surface area contributed by atoms with E-state index in [0.29, 0.717) is 46.9 Å². The average molecular weight is 490 g/mol. The Morgan fingerprint density at radius 2 is 2.00 bits per heavy atom. The number of aromatic nitrogens is 1. The van der Waals surface area contributed by atoms with Gasteiger partial charge in [-0.15, -0.1) is 0 Å². The molecule has 1 atom stereocenters. The van der Waals surface area contributed by atoms with Gasteiger partial charge in [0, 0.05) is 59.3 Å². The molecule has 2 aromatic carbocycles. The first-order valence-corrected chi connectivity index (χ1v) is 12.2. The van der Waals surface area contributed by atoms with E-state index in [9.17, 15) is 9.18 Å². The molecule has 8 heteroatoms. The maximum atomic E-state index is 14.1. The molecular formula is C28H32FN5O2. The largest absolute Gasteiger partial charge is 0.475 e. The first kappa shape index (κ1) is 25.3. The lowest BCUT2D eigenvalue weighted by molar-refractivity contribution is 0.0900. The third kappa shape index (κ3) is 6.26. The van der Waals surface area contributed by atoms with Crippen LogP contribution in [0.25, 0.3) is 0 Å². The number of hydrogen-bond acceptors (Lipinski definition) is 6. The highest BCUT2D eigenvalue weighted by Crippen LogP contribution is 2.21. The van der Waals surface area contributed by atoms with Crippen molar-refractivity contribution < 1.29 is 13.9 Å². The van der Waals surface area contributed by atoms with Crippen LogP contribution in [0.15, 0.2) is 60.8 Å². The Hall–Kier alpha value is -3.78. The zero-order valence-corrected chi connectivity index (χ0v) is 20.6. The maximum Gasteiger partial charge on any atom is 0.251 e. The van der Waals surface area contributed by atoms with E-state index in [0.717, 1.165) is 19.4 Å². The van der Waals surface area contributed by atoms with Gasteiger partial charge < -0.3 is 15.8 Å². The summed E-state index contributed by atoms with van der Waals surface area (Å²) in [5.41, 5.74) is 8.88. The number of carbonyl (C=O) groups excluding carboxylic acids is 1. The highest BCUT2D eigenvalue weighted by molar-refractivity contribution is 6.14. The fourth-order valence-corrected chi connectivity index (χ4v) is 4.36. The summed E-state index contributed by atoms with van der Waals surface area (Å²) in [7, 11) is 0. The Kier molecular flexibility index (Phi) is 7.95. The van der Waals surface area contributed by atoms with Crippen molar-refractivity contribution in [3.63, 3.8) is 0 Å². The summed E-state index contributed by atoms with van der Waals surface area (Å²) >= 11 is 0. The SMILES string of the molecule is CC(C)Oc1ccc(C(=N)c2cc(C(=O)NC3CCCN(Cc4ccccc4F)C3)ccc2N)cn1. The molecule has 0 saturated carbocycles. The number of anilines is 1. The maximum absolute atomic E-state index is 14.1. The summed E-state index contributed by atoms with van der Waals surface area (Å²) in [6.07, 6.45) is 3.34. The first-order valence-electron chi connectivity index (χ1n) is 12.2. The normalized spacial score (nSPS) is 16.1. The average Bonchev–Trinajstić information content (AvgIpc) is 2.85. The van der Waals surface area contributed by atoms with E-state index in [1.807, 2.05) is 19.9 Å². The van der Waals surface area contributed by atoms with Crippen LogP contribution < -0.4 is 15.8 Å². The van der Waals surface area contributed by atoms with Gasteiger partial charge in [0.2, 0.25) is 5.88 Å². The number of rotatable bonds is 8. The van der Waals surface area contributed by atoms with Gasteiger partial charge in [0.15, 0.2) is 0 Å². The minimum atomic E-state index is -0.222. The van der Waals surface area contributed by atoms with Crippen LogP contribution in [0.5, 0.6) is 5.88 Å². The first-order chi connectivity index (χ1) is 17.3. The van der Waals surface area contributed by atoms with Crippen LogP contribution in [-0.4, -0.2) is 46.7 Å². The van der Waals surface area contributed by atoms with Gasteiger partial charge in [-0.2, -0.15) is 0 Å². The molecule has 4 N–H and O–H groups in total. The van der Waals surface area contributed by atoms with Gasteiger partial charge in [-0.1, -0.05) is 18.2 Å². The Morgan fingerprint density at radius 3 is 2.72 bits per heavy atom. The Labute approximate surface area is 211 Å². The molecule has 0 spiro atoms. The van der Waals surface area contributed by atoms with E-state index in [2.05, 4.69) is 15.2 Å². The lowest BCUT2D eigenvalue weighted by Gasteiger charge is -2.33. The van der Waals surface area contributed by atoms with Gasteiger partial charge in [-0.25, -0.2) is 9.37 Å². The fourth-order valence-electron chi connectivity index (χ4n) is 4.36. The van der Waals surface area contributed by atoms with Crippen LogP contribution in [0.3, 0.4) is 0 Å². The predicted octanol–water partition coefficient (Wildman–Crippen LogP) is 4.40. The molecule has 1 aliphatic heterocycles. The van der Waals surface area contributed by atoms with Crippen molar-refractivity contribution in [2.45, 2.75) is 45.4 Å². The molecule has 1 amide bonds. The highest BCUT2D eigenvalue weighted by Gasteiger charge is 2.23. The summed E-state index contributed by atoms with van der Waals surface area (Å²) in [5.74, 6) is 0.0533. The molecule has 36 heavy (non-hydrogen) atoms. The van der Waals surface area contributed by atoms with Crippen LogP contribution in [0, 0.1) is 11.2 Å². The lowest BCUT2D eigenvalue weighted by atomic mass is 9.99. The van der Waals surface area contributed by atoms with E-state index < -0.39 is 0 Å². The number of nitrogen functional groups attached to an aromatic ring is 1. The van der Waals surface area contributed by atoms with Crippen LogP contribution >= 0.6 is 0 Å². The van der Waals surface area contributed by atoms with Crippen molar-refractivity contribution in [1.29, 1.82) is 5.41 Å². The summed E-state index contributed by atoms with van der Waals surface area (Å²) in [4.78, 5) is 19.5. The second-order valence-corrected chi connectivity index (χ2v) is 9.37. The van der Waals surface area contributed by atoms with E-state index in [1.165, 1.54) is 6.07 Å². The van der Waals surface area contributed by atoms with E-state index in [1.54, 1.807) is 48.7 Å². The number of nitrogens with one attached hydrogen (secondary N) is 2. The molecule has 0 radical (unpaired) electrons. The zero-order valence-electron chi connectivity index (χ0n) is 20.6. The summed E-state index contributed by atoms with van der Waals surface area (Å²) in [6, 6.07) is 15.2. The predicted molar refractivity (Wildman–Crippen MR) is 139 cm³/mol. The third-order valence-corrected chi connectivity index (χ3v) is 6.16. The molecule has 4 rings (SSSR count). The number of likely N-dealkylation sites (tertiary alicyclic amines) is 1. The van der Waals surface area contributed by atoms with Crippen LogP contribution in [0.4, 0.5) is 10.1 Å². The minimum absolute atomic E-state index is 0.00406. The van der Waals surface area contributed by atoms with Crippen LogP contribution in [0.1, 0.15) is 53.7 Å². The van der Waals surface area contributed by atoms with Crippen molar-refractivity contribution in [3.05, 3.63) is 88.9 Å². The van der Waals surface area contributed by atoms with Crippen molar-refractivity contribution in [3.8, 4) is 5.88 Å². The molecule has 1 unspecified atom stereocenters. The number of carbonyl (C=O) groups is 1. The number of nitrogens with two attached hydrogens (primary N) is 1. The van der Waals surface area contributed by atoms with E-state index >= 15 is 0 Å². The summed E-state index contributed by atoms with van der Waals surface area (Å²) < 4.78 is 19.6. The number of amides is 1. The van der Waals surface area contributed by atoms with Crippen molar-refractivity contribution >= 4 is 17.3 Å². The van der Waals surface area contributed by atoms with Crippen molar-refractivity contribution in [2.24, 2.45) is 0 Å². The molecule has 1 aromatic heterocycles. The van der Waals surface area contributed by atoms with Gasteiger partial charge >= 0.3 is 0 Å². The molecule has 2 heterocycles. The summed E-state index contributed by atoms with van der Waals surface area (Å²) in [5, 5.41) is 11.7. The smallest absolute Gasteiger partial charge is 0.251 e. The topological polar surface area (TPSA) is 104 Å². The van der Waals surface area contributed by atoms with Crippen molar-refractivity contribution in [1.82, 2.24) is 15.2 Å². The van der Waals surface area contributed by atoms with Crippen LogP contribution in [-0.2, 0) is 6.54 Å². The monoisotopic (exact) mass is 489 g/mol. The van der Waals surface area contributed by atoms with E-state index in [4.69, 9.17) is 15.9 Å². The van der Waals surface area contributed by atoms with Gasteiger partial charge in [0.25, 0.3) is 5.91 Å². The number of benzene rings is 2. The highest BCUT2D eigenvalue weighted by atomic mass is 19.1. The minimum Gasteiger partial charge on any atom is -0.475 e. The van der Waals surface area contributed by atoms with Crippen LogP contribution in [0.2, 0.25) is 0 Å². The Morgan fingerprint density at radius 1 is 1.22 bits per heavy atom. The van der Waals surface area contributed by atoms with E-state index in [-0.39, 0.29) is 29.6 Å². The number of halogens is 1. The molecule has 188 valence electrons. The Balaban J connectivity index is 1.42. The number of hydrogen-bond donors (Lipinski definition) is 3. The number of ether oxygens (including phenoxy) is 1. The quantitative estimate of drug-likeness (QED) is 0.321. The molecule has 1 fully saturated rings. The fraction of sp³-hybridized carbons (Fsp3) is 0.321.